The van der Waals surface area contributed by atoms with Crippen LogP contribution in [0.3, 0.4) is 0 Å². The van der Waals surface area contributed by atoms with E-state index in [9.17, 15) is 5.26 Å². The average Bonchev–Trinajstić information content (AvgIpc) is 3.46. The van der Waals surface area contributed by atoms with Crippen molar-refractivity contribution in [2.24, 2.45) is 0 Å². The van der Waals surface area contributed by atoms with Gasteiger partial charge in [-0.2, -0.15) is 5.26 Å². The third kappa shape index (κ3) is 5.87. The van der Waals surface area contributed by atoms with E-state index in [0.717, 1.165) is 55.8 Å². The van der Waals surface area contributed by atoms with Gasteiger partial charge in [0.1, 0.15) is 0 Å². The lowest BCUT2D eigenvalue weighted by atomic mass is 9.81. The summed E-state index contributed by atoms with van der Waals surface area (Å²) < 4.78 is 0. The molecule has 1 aliphatic carbocycles. The molecule has 5 nitrogen and oxygen atoms in total. The Morgan fingerprint density at radius 3 is 1.57 bits per heavy atom. The standard InChI is InChI=1S/C48H33N5/c1-48(2)42-22-18-31(29-49)24-41(42)40-21-19-35(28-43(40)48)37-25-38(36-20-23-44(50-30-36)32-12-6-3-7-13-32)27-39(26-37)47-52-45(33-14-8-4-9-15-33)51-46(53-47)34-16-10-5-11-17-34/h3-28,30H,1-2H3. The second-order valence-electron chi connectivity index (χ2n) is 13.9. The minimum absolute atomic E-state index is 0.227. The summed E-state index contributed by atoms with van der Waals surface area (Å²) in [6.07, 6.45) is 1.94. The van der Waals surface area contributed by atoms with Crippen molar-refractivity contribution in [3.05, 3.63) is 181 Å². The zero-order chi connectivity index (χ0) is 35.9. The Bertz CT molecular complexity index is 2620. The fraction of sp³-hybridized carbons (Fsp3) is 0.0625. The number of benzene rings is 6. The summed E-state index contributed by atoms with van der Waals surface area (Å²) >= 11 is 0. The highest BCUT2D eigenvalue weighted by Gasteiger charge is 2.35. The van der Waals surface area contributed by atoms with Crippen LogP contribution in [0.25, 0.3) is 78.8 Å². The van der Waals surface area contributed by atoms with Crippen LogP contribution in [0.5, 0.6) is 0 Å². The first-order chi connectivity index (χ1) is 25.9. The summed E-state index contributed by atoms with van der Waals surface area (Å²) in [7, 11) is 0. The Hall–Kier alpha value is -7.03. The van der Waals surface area contributed by atoms with Gasteiger partial charge in [-0.3, -0.25) is 4.98 Å². The Kier molecular flexibility index (Phi) is 7.79. The smallest absolute Gasteiger partial charge is 0.164 e. The Balaban J connectivity index is 1.23. The molecule has 1 aliphatic rings. The van der Waals surface area contributed by atoms with Gasteiger partial charge in [-0.25, -0.2) is 15.0 Å². The largest absolute Gasteiger partial charge is 0.256 e. The van der Waals surface area contributed by atoms with Crippen LogP contribution in [-0.2, 0) is 5.41 Å². The molecule has 53 heavy (non-hydrogen) atoms. The molecule has 0 N–H and O–H groups in total. The predicted molar refractivity (Wildman–Crippen MR) is 213 cm³/mol. The molecule has 0 atom stereocenters. The van der Waals surface area contributed by atoms with Crippen LogP contribution < -0.4 is 0 Å². The number of nitrogens with zero attached hydrogens (tertiary/aromatic N) is 5. The molecule has 8 aromatic rings. The summed E-state index contributed by atoms with van der Waals surface area (Å²) in [6.45, 7) is 4.52. The van der Waals surface area contributed by atoms with Crippen LogP contribution in [0.4, 0.5) is 0 Å². The average molecular weight is 680 g/mol. The van der Waals surface area contributed by atoms with Gasteiger partial charge in [0.05, 0.1) is 17.3 Å². The lowest BCUT2D eigenvalue weighted by Crippen LogP contribution is -2.15. The van der Waals surface area contributed by atoms with Gasteiger partial charge in [0.2, 0.25) is 0 Å². The molecule has 9 rings (SSSR count). The molecule has 0 saturated heterocycles. The zero-order valence-corrected chi connectivity index (χ0v) is 29.3. The lowest BCUT2D eigenvalue weighted by Gasteiger charge is -2.22. The highest BCUT2D eigenvalue weighted by atomic mass is 15.0. The fourth-order valence-corrected chi connectivity index (χ4v) is 7.37. The molecule has 0 bridgehead atoms. The lowest BCUT2D eigenvalue weighted by molar-refractivity contribution is 0.660. The van der Waals surface area contributed by atoms with Crippen molar-refractivity contribution in [3.63, 3.8) is 0 Å². The molecule has 2 aromatic heterocycles. The summed E-state index contributed by atoms with van der Waals surface area (Å²) in [4.78, 5) is 20.0. The maximum atomic E-state index is 9.65. The highest BCUT2D eigenvalue weighted by molar-refractivity contribution is 5.86. The van der Waals surface area contributed by atoms with E-state index in [4.69, 9.17) is 19.9 Å². The number of nitriles is 1. The molecule has 0 fully saturated rings. The number of fused-ring (bicyclic) bond motifs is 3. The van der Waals surface area contributed by atoms with Gasteiger partial charge < -0.3 is 0 Å². The minimum Gasteiger partial charge on any atom is -0.256 e. The van der Waals surface area contributed by atoms with Crippen molar-refractivity contribution >= 4 is 0 Å². The highest BCUT2D eigenvalue weighted by Crippen LogP contribution is 2.50. The first-order valence-electron chi connectivity index (χ1n) is 17.7. The van der Waals surface area contributed by atoms with Crippen LogP contribution in [0.15, 0.2) is 164 Å². The fourth-order valence-electron chi connectivity index (χ4n) is 7.37. The molecule has 5 heteroatoms. The normalized spacial score (nSPS) is 12.5. The Labute approximate surface area is 309 Å². The van der Waals surface area contributed by atoms with Gasteiger partial charge in [-0.15, -0.1) is 0 Å². The summed E-state index contributed by atoms with van der Waals surface area (Å²) in [5.74, 6) is 1.82. The van der Waals surface area contributed by atoms with Crippen LogP contribution in [0, 0.1) is 11.3 Å². The number of aromatic nitrogens is 4. The molecular formula is C48H33N5. The number of pyridine rings is 1. The third-order valence-electron chi connectivity index (χ3n) is 10.2. The van der Waals surface area contributed by atoms with Crippen molar-refractivity contribution in [1.82, 2.24) is 19.9 Å². The van der Waals surface area contributed by atoms with E-state index in [1.54, 1.807) is 0 Å². The first-order valence-corrected chi connectivity index (χ1v) is 17.7. The molecule has 0 radical (unpaired) electrons. The van der Waals surface area contributed by atoms with E-state index in [1.165, 1.54) is 16.7 Å². The Morgan fingerprint density at radius 1 is 0.434 bits per heavy atom. The van der Waals surface area contributed by atoms with E-state index < -0.39 is 0 Å². The molecule has 6 aromatic carbocycles. The monoisotopic (exact) mass is 679 g/mol. The number of hydrogen-bond donors (Lipinski definition) is 0. The summed E-state index contributed by atoms with van der Waals surface area (Å²) in [5, 5.41) is 9.65. The van der Waals surface area contributed by atoms with Crippen LogP contribution in [0.2, 0.25) is 0 Å². The van der Waals surface area contributed by atoms with E-state index in [1.807, 2.05) is 97.2 Å². The van der Waals surface area contributed by atoms with E-state index in [0.29, 0.717) is 23.0 Å². The van der Waals surface area contributed by atoms with Gasteiger partial charge in [-0.05, 0) is 81.4 Å². The number of rotatable bonds is 6. The van der Waals surface area contributed by atoms with Crippen molar-refractivity contribution < 1.29 is 0 Å². The van der Waals surface area contributed by atoms with Gasteiger partial charge in [-0.1, -0.05) is 129 Å². The zero-order valence-electron chi connectivity index (χ0n) is 29.3. The molecule has 0 spiro atoms. The molecule has 0 saturated carbocycles. The first kappa shape index (κ1) is 31.9. The predicted octanol–water partition coefficient (Wildman–Crippen LogP) is 11.4. The molecule has 250 valence electrons. The van der Waals surface area contributed by atoms with E-state index in [2.05, 4.69) is 86.6 Å². The van der Waals surface area contributed by atoms with Gasteiger partial charge in [0, 0.05) is 39.4 Å². The second-order valence-corrected chi connectivity index (χ2v) is 13.9. The van der Waals surface area contributed by atoms with Crippen LogP contribution in [-0.4, -0.2) is 19.9 Å². The molecule has 0 unspecified atom stereocenters. The van der Waals surface area contributed by atoms with Crippen molar-refractivity contribution in [3.8, 4) is 84.9 Å². The van der Waals surface area contributed by atoms with E-state index >= 15 is 0 Å². The minimum atomic E-state index is -0.227. The van der Waals surface area contributed by atoms with Gasteiger partial charge in [0.25, 0.3) is 0 Å². The summed E-state index contributed by atoms with van der Waals surface area (Å²) in [6, 6.07) is 56.1. The van der Waals surface area contributed by atoms with Crippen LogP contribution in [0.1, 0.15) is 30.5 Å². The molecule has 0 aliphatic heterocycles. The maximum Gasteiger partial charge on any atom is 0.164 e. The number of hydrogen-bond acceptors (Lipinski definition) is 5. The van der Waals surface area contributed by atoms with E-state index in [-0.39, 0.29) is 5.41 Å². The summed E-state index contributed by atoms with van der Waals surface area (Å²) in [5.41, 5.74) is 14.0. The van der Waals surface area contributed by atoms with Crippen molar-refractivity contribution in [2.75, 3.05) is 0 Å². The second kappa shape index (κ2) is 12.9. The molecular weight excluding hydrogens is 647 g/mol. The van der Waals surface area contributed by atoms with Crippen molar-refractivity contribution in [2.45, 2.75) is 19.3 Å². The quantitative estimate of drug-likeness (QED) is 0.175. The maximum absolute atomic E-state index is 9.65. The topological polar surface area (TPSA) is 75.3 Å². The Morgan fingerprint density at radius 2 is 0.981 bits per heavy atom. The third-order valence-corrected chi connectivity index (χ3v) is 10.2. The molecule has 2 heterocycles. The van der Waals surface area contributed by atoms with Crippen LogP contribution >= 0.6 is 0 Å². The SMILES string of the molecule is CC1(C)c2ccc(C#N)cc2-c2ccc(-c3cc(-c4ccc(-c5ccccc5)nc4)cc(-c4nc(-c5ccccc5)nc(-c5ccccc5)n4)c3)cc21. The van der Waals surface area contributed by atoms with Gasteiger partial charge >= 0.3 is 0 Å². The van der Waals surface area contributed by atoms with Gasteiger partial charge in [0.15, 0.2) is 17.5 Å². The molecule has 0 amide bonds. The van der Waals surface area contributed by atoms with Crippen molar-refractivity contribution in [1.29, 1.82) is 5.26 Å².